The van der Waals surface area contributed by atoms with Crippen LogP contribution >= 0.6 is 0 Å². The van der Waals surface area contributed by atoms with Crippen LogP contribution in [0.1, 0.15) is 60.6 Å². The van der Waals surface area contributed by atoms with E-state index < -0.39 is 0 Å². The zero-order chi connectivity index (χ0) is 20.2. The Hall–Kier alpha value is -2.60. The minimum atomic E-state index is -0.387. The van der Waals surface area contributed by atoms with Gasteiger partial charge in [0.15, 0.2) is 0 Å². The maximum atomic E-state index is 13.4. The molecule has 0 radical (unpaired) electrons. The van der Waals surface area contributed by atoms with Crippen molar-refractivity contribution in [2.24, 2.45) is 7.05 Å². The van der Waals surface area contributed by atoms with Crippen molar-refractivity contribution in [3.8, 4) is 0 Å². The lowest BCUT2D eigenvalue weighted by Crippen LogP contribution is -2.35. The number of hydrogen-bond acceptors (Lipinski definition) is 3. The van der Waals surface area contributed by atoms with Crippen molar-refractivity contribution in [1.82, 2.24) is 9.47 Å². The second kappa shape index (κ2) is 8.82. The second-order valence-corrected chi connectivity index (χ2v) is 7.98. The number of amides is 2. The van der Waals surface area contributed by atoms with Crippen LogP contribution in [0, 0.1) is 0 Å². The number of carbonyl (C=O) groups excluding carboxylic acids is 2. The molecule has 2 amide bonds. The van der Waals surface area contributed by atoms with Gasteiger partial charge < -0.3 is 19.5 Å². The standard InChI is InChI=1S/C23H29N3O3/c1-25-13-6-11-19(25)20-10-3-2-4-14-26(20)23(28)17-8-5-9-18(16-17)24-22(27)21-12-7-15-29-21/h5-6,8-9,11,13,16,20-21H,2-4,7,10,12,14-15H2,1H3,(H,24,27)/t20-,21+/m1/s1. The van der Waals surface area contributed by atoms with Crippen molar-refractivity contribution in [2.45, 2.75) is 50.7 Å². The lowest BCUT2D eigenvalue weighted by Gasteiger charge is -2.31. The summed E-state index contributed by atoms with van der Waals surface area (Å²) in [6.45, 7) is 1.38. The minimum absolute atomic E-state index is 0.0197. The molecule has 2 atom stereocenters. The van der Waals surface area contributed by atoms with Crippen molar-refractivity contribution in [2.75, 3.05) is 18.5 Å². The smallest absolute Gasteiger partial charge is 0.254 e. The lowest BCUT2D eigenvalue weighted by atomic mass is 10.0. The third-order valence-corrected chi connectivity index (χ3v) is 5.94. The zero-order valence-electron chi connectivity index (χ0n) is 17.0. The molecule has 1 N–H and O–H groups in total. The Kier molecular flexibility index (Phi) is 6.00. The third kappa shape index (κ3) is 4.37. The van der Waals surface area contributed by atoms with Crippen molar-refractivity contribution in [3.63, 3.8) is 0 Å². The zero-order valence-corrected chi connectivity index (χ0v) is 17.0. The summed E-state index contributed by atoms with van der Waals surface area (Å²) in [6, 6.07) is 11.5. The van der Waals surface area contributed by atoms with Gasteiger partial charge in [-0.15, -0.1) is 0 Å². The van der Waals surface area contributed by atoms with Gasteiger partial charge in [0.1, 0.15) is 6.10 Å². The number of ether oxygens (including phenoxy) is 1. The molecule has 2 aliphatic rings. The highest BCUT2D eigenvalue weighted by atomic mass is 16.5. The first-order valence-electron chi connectivity index (χ1n) is 10.6. The Balaban J connectivity index is 1.54. The molecule has 4 rings (SSSR count). The first-order valence-corrected chi connectivity index (χ1v) is 10.6. The fourth-order valence-electron chi connectivity index (χ4n) is 4.38. The number of nitrogens with zero attached hydrogens (tertiary/aromatic N) is 2. The quantitative estimate of drug-likeness (QED) is 0.854. The second-order valence-electron chi connectivity index (χ2n) is 7.98. The molecule has 2 aromatic rings. The molecule has 2 saturated heterocycles. The minimum Gasteiger partial charge on any atom is -0.368 e. The molecular formula is C23H29N3O3. The fourth-order valence-corrected chi connectivity index (χ4v) is 4.38. The number of aromatic nitrogens is 1. The lowest BCUT2D eigenvalue weighted by molar-refractivity contribution is -0.124. The van der Waals surface area contributed by atoms with E-state index in [0.29, 0.717) is 17.9 Å². The van der Waals surface area contributed by atoms with Crippen LogP contribution in [0.15, 0.2) is 42.6 Å². The first-order chi connectivity index (χ1) is 14.1. The molecule has 154 valence electrons. The predicted octanol–water partition coefficient (Wildman–Crippen LogP) is 3.90. The average Bonchev–Trinajstić information content (AvgIpc) is 3.35. The van der Waals surface area contributed by atoms with Gasteiger partial charge in [0.25, 0.3) is 11.8 Å². The third-order valence-electron chi connectivity index (χ3n) is 5.94. The maximum Gasteiger partial charge on any atom is 0.254 e. The van der Waals surface area contributed by atoms with Crippen LogP contribution in [0.2, 0.25) is 0 Å². The molecule has 0 saturated carbocycles. The van der Waals surface area contributed by atoms with E-state index in [1.54, 1.807) is 6.07 Å². The molecule has 1 aromatic heterocycles. The van der Waals surface area contributed by atoms with E-state index in [0.717, 1.165) is 45.1 Å². The van der Waals surface area contributed by atoms with Gasteiger partial charge in [0.2, 0.25) is 0 Å². The van der Waals surface area contributed by atoms with Gasteiger partial charge in [0.05, 0.1) is 6.04 Å². The van der Waals surface area contributed by atoms with Crippen LogP contribution < -0.4 is 5.32 Å². The van der Waals surface area contributed by atoms with Crippen LogP contribution in [-0.4, -0.2) is 40.5 Å². The SMILES string of the molecule is Cn1cccc1[C@H]1CCCCCN1C(=O)c1cccc(NC(=O)[C@@H]2CCCO2)c1. The van der Waals surface area contributed by atoms with E-state index in [4.69, 9.17) is 4.74 Å². The molecule has 0 spiro atoms. The van der Waals surface area contributed by atoms with Gasteiger partial charge in [-0.05, 0) is 56.0 Å². The highest BCUT2D eigenvalue weighted by Crippen LogP contribution is 2.31. The molecule has 29 heavy (non-hydrogen) atoms. The Morgan fingerprint density at radius 3 is 2.72 bits per heavy atom. The van der Waals surface area contributed by atoms with Gasteiger partial charge in [-0.25, -0.2) is 0 Å². The monoisotopic (exact) mass is 395 g/mol. The van der Waals surface area contributed by atoms with Gasteiger partial charge in [0, 0.05) is 43.3 Å². The summed E-state index contributed by atoms with van der Waals surface area (Å²) in [5.74, 6) is -0.116. The Bertz CT molecular complexity index is 870. The molecule has 0 aliphatic carbocycles. The van der Waals surface area contributed by atoms with Crippen molar-refractivity contribution < 1.29 is 14.3 Å². The summed E-state index contributed by atoms with van der Waals surface area (Å²) in [7, 11) is 2.03. The van der Waals surface area contributed by atoms with E-state index in [1.165, 1.54) is 5.69 Å². The Labute approximate surface area is 171 Å². The number of benzene rings is 1. The number of anilines is 1. The summed E-state index contributed by atoms with van der Waals surface area (Å²) in [5, 5.41) is 2.90. The number of carbonyl (C=O) groups is 2. The molecule has 2 fully saturated rings. The number of aryl methyl sites for hydroxylation is 1. The summed E-state index contributed by atoms with van der Waals surface area (Å²) in [5.41, 5.74) is 2.42. The van der Waals surface area contributed by atoms with Gasteiger partial charge >= 0.3 is 0 Å². The Morgan fingerprint density at radius 1 is 1.07 bits per heavy atom. The molecular weight excluding hydrogens is 366 g/mol. The summed E-state index contributed by atoms with van der Waals surface area (Å²) in [4.78, 5) is 27.8. The molecule has 0 unspecified atom stereocenters. The van der Waals surface area contributed by atoms with Crippen LogP contribution in [0.5, 0.6) is 0 Å². The molecule has 1 aromatic carbocycles. The number of likely N-dealkylation sites (tertiary alicyclic amines) is 1. The van der Waals surface area contributed by atoms with E-state index in [9.17, 15) is 9.59 Å². The largest absolute Gasteiger partial charge is 0.368 e. The first kappa shape index (κ1) is 19.7. The van der Waals surface area contributed by atoms with E-state index in [2.05, 4.69) is 16.0 Å². The fraction of sp³-hybridized carbons (Fsp3) is 0.478. The van der Waals surface area contributed by atoms with Crippen LogP contribution in [0.25, 0.3) is 0 Å². The van der Waals surface area contributed by atoms with E-state index >= 15 is 0 Å². The number of nitrogens with one attached hydrogen (secondary N) is 1. The van der Waals surface area contributed by atoms with E-state index in [1.807, 2.05) is 42.4 Å². The van der Waals surface area contributed by atoms with E-state index in [-0.39, 0.29) is 24.0 Å². The van der Waals surface area contributed by atoms with Crippen molar-refractivity contribution in [3.05, 3.63) is 53.9 Å². The van der Waals surface area contributed by atoms with Crippen LogP contribution in [0.4, 0.5) is 5.69 Å². The molecule has 6 heteroatoms. The average molecular weight is 396 g/mol. The number of rotatable bonds is 4. The molecule has 0 bridgehead atoms. The predicted molar refractivity (Wildman–Crippen MR) is 112 cm³/mol. The number of hydrogen-bond donors (Lipinski definition) is 1. The molecule has 6 nitrogen and oxygen atoms in total. The Morgan fingerprint density at radius 2 is 1.97 bits per heavy atom. The highest BCUT2D eigenvalue weighted by molar-refractivity contribution is 5.98. The summed E-state index contributed by atoms with van der Waals surface area (Å²) < 4.78 is 7.56. The van der Waals surface area contributed by atoms with Gasteiger partial charge in [-0.2, -0.15) is 0 Å². The topological polar surface area (TPSA) is 63.6 Å². The van der Waals surface area contributed by atoms with Gasteiger partial charge in [-0.1, -0.05) is 18.9 Å². The van der Waals surface area contributed by atoms with Crippen molar-refractivity contribution >= 4 is 17.5 Å². The maximum absolute atomic E-state index is 13.4. The molecule has 3 heterocycles. The highest BCUT2D eigenvalue weighted by Gasteiger charge is 2.29. The van der Waals surface area contributed by atoms with Gasteiger partial charge in [-0.3, -0.25) is 9.59 Å². The van der Waals surface area contributed by atoms with Crippen molar-refractivity contribution in [1.29, 1.82) is 0 Å². The van der Waals surface area contributed by atoms with Crippen LogP contribution in [-0.2, 0) is 16.6 Å². The normalized spacial score (nSPS) is 22.3. The van der Waals surface area contributed by atoms with Crippen LogP contribution in [0.3, 0.4) is 0 Å². The summed E-state index contributed by atoms with van der Waals surface area (Å²) in [6.07, 6.45) is 7.55. The molecule has 2 aliphatic heterocycles. The summed E-state index contributed by atoms with van der Waals surface area (Å²) >= 11 is 0.